The van der Waals surface area contributed by atoms with E-state index < -0.39 is 0 Å². The van der Waals surface area contributed by atoms with Gasteiger partial charge in [-0.2, -0.15) is 0 Å². The SMILES string of the molecule is CC(=O)Nc1cccc(-c2nnc(SCc3cccc(Cl)c3)n2C)c1. The monoisotopic (exact) mass is 372 g/mol. The fourth-order valence-electron chi connectivity index (χ4n) is 2.41. The number of nitrogens with one attached hydrogen (secondary N) is 1. The Kier molecular flexibility index (Phi) is 5.40. The summed E-state index contributed by atoms with van der Waals surface area (Å²) in [6, 6.07) is 15.3. The van der Waals surface area contributed by atoms with Gasteiger partial charge in [-0.3, -0.25) is 4.79 Å². The summed E-state index contributed by atoms with van der Waals surface area (Å²) in [5.41, 5.74) is 2.77. The Balaban J connectivity index is 1.78. The number of anilines is 1. The quantitative estimate of drug-likeness (QED) is 0.675. The lowest BCUT2D eigenvalue weighted by Crippen LogP contribution is -2.05. The molecule has 0 fully saturated rings. The van der Waals surface area contributed by atoms with Gasteiger partial charge in [-0.05, 0) is 29.8 Å². The highest BCUT2D eigenvalue weighted by Crippen LogP contribution is 2.27. The Labute approximate surface area is 155 Å². The maximum Gasteiger partial charge on any atom is 0.221 e. The highest BCUT2D eigenvalue weighted by atomic mass is 35.5. The Bertz CT molecular complexity index is 910. The first-order valence-electron chi connectivity index (χ1n) is 7.67. The lowest BCUT2D eigenvalue weighted by atomic mass is 10.2. The Morgan fingerprint density at radius 2 is 2.00 bits per heavy atom. The maximum atomic E-state index is 11.2. The summed E-state index contributed by atoms with van der Waals surface area (Å²) < 4.78 is 1.95. The number of nitrogens with zero attached hydrogens (tertiary/aromatic N) is 3. The van der Waals surface area contributed by atoms with Crippen LogP contribution in [0.15, 0.2) is 53.7 Å². The highest BCUT2D eigenvalue weighted by molar-refractivity contribution is 7.98. The number of thioether (sulfide) groups is 1. The third kappa shape index (κ3) is 4.41. The normalized spacial score (nSPS) is 10.7. The first-order valence-corrected chi connectivity index (χ1v) is 9.04. The molecule has 0 radical (unpaired) electrons. The molecular weight excluding hydrogens is 356 g/mol. The summed E-state index contributed by atoms with van der Waals surface area (Å²) in [4.78, 5) is 11.2. The van der Waals surface area contributed by atoms with Gasteiger partial charge in [0.25, 0.3) is 0 Å². The zero-order valence-corrected chi connectivity index (χ0v) is 15.4. The summed E-state index contributed by atoms with van der Waals surface area (Å²) in [5.74, 6) is 1.41. The van der Waals surface area contributed by atoms with Gasteiger partial charge >= 0.3 is 0 Å². The number of hydrogen-bond acceptors (Lipinski definition) is 4. The van der Waals surface area contributed by atoms with Crippen molar-refractivity contribution in [3.8, 4) is 11.4 Å². The van der Waals surface area contributed by atoms with E-state index >= 15 is 0 Å². The van der Waals surface area contributed by atoms with Crippen molar-refractivity contribution in [3.63, 3.8) is 0 Å². The predicted molar refractivity (Wildman–Crippen MR) is 102 cm³/mol. The van der Waals surface area contributed by atoms with Crippen LogP contribution in [0.5, 0.6) is 0 Å². The number of benzene rings is 2. The molecule has 0 saturated heterocycles. The summed E-state index contributed by atoms with van der Waals surface area (Å²) in [6.07, 6.45) is 0. The molecule has 128 valence electrons. The number of carbonyl (C=O) groups is 1. The molecule has 0 saturated carbocycles. The minimum Gasteiger partial charge on any atom is -0.326 e. The molecule has 7 heteroatoms. The molecule has 0 spiro atoms. The first kappa shape index (κ1) is 17.5. The molecule has 0 unspecified atom stereocenters. The average Bonchev–Trinajstić information content (AvgIpc) is 2.93. The second-order valence-electron chi connectivity index (χ2n) is 5.55. The molecule has 0 aliphatic heterocycles. The van der Waals surface area contributed by atoms with Crippen LogP contribution in [0.3, 0.4) is 0 Å². The molecule has 0 atom stereocenters. The largest absolute Gasteiger partial charge is 0.326 e. The van der Waals surface area contributed by atoms with E-state index in [0.717, 1.165) is 38.6 Å². The summed E-state index contributed by atoms with van der Waals surface area (Å²) >= 11 is 7.62. The lowest BCUT2D eigenvalue weighted by Gasteiger charge is -2.06. The van der Waals surface area contributed by atoms with Crippen LogP contribution in [0.1, 0.15) is 12.5 Å². The van der Waals surface area contributed by atoms with Crippen molar-refractivity contribution in [1.82, 2.24) is 14.8 Å². The third-order valence-corrected chi connectivity index (χ3v) is 4.86. The molecule has 1 amide bonds. The van der Waals surface area contributed by atoms with Gasteiger partial charge < -0.3 is 9.88 Å². The molecule has 2 aromatic carbocycles. The van der Waals surface area contributed by atoms with Crippen molar-refractivity contribution in [2.45, 2.75) is 17.8 Å². The van der Waals surface area contributed by atoms with Gasteiger partial charge in [0.2, 0.25) is 5.91 Å². The molecule has 25 heavy (non-hydrogen) atoms. The van der Waals surface area contributed by atoms with Gasteiger partial charge in [-0.25, -0.2) is 0 Å². The van der Waals surface area contributed by atoms with Gasteiger partial charge in [0.15, 0.2) is 11.0 Å². The van der Waals surface area contributed by atoms with Crippen LogP contribution in [0.4, 0.5) is 5.69 Å². The molecule has 1 N–H and O–H groups in total. The molecule has 0 aliphatic carbocycles. The van der Waals surface area contributed by atoms with Gasteiger partial charge in [0.1, 0.15) is 0 Å². The first-order chi connectivity index (χ1) is 12.0. The van der Waals surface area contributed by atoms with Crippen LogP contribution in [-0.4, -0.2) is 20.7 Å². The van der Waals surface area contributed by atoms with E-state index in [2.05, 4.69) is 15.5 Å². The van der Waals surface area contributed by atoms with Crippen LogP contribution >= 0.6 is 23.4 Å². The topological polar surface area (TPSA) is 59.8 Å². The lowest BCUT2D eigenvalue weighted by molar-refractivity contribution is -0.114. The fourth-order valence-corrected chi connectivity index (χ4v) is 3.47. The van der Waals surface area contributed by atoms with Crippen molar-refractivity contribution in [3.05, 3.63) is 59.1 Å². The van der Waals surface area contributed by atoms with Crippen molar-refractivity contribution < 1.29 is 4.79 Å². The standard InChI is InChI=1S/C18H17ClN4OS/c1-12(24)20-16-8-4-6-14(10-16)17-21-22-18(23(17)2)25-11-13-5-3-7-15(19)9-13/h3-10H,11H2,1-2H3,(H,20,24). The number of hydrogen-bond donors (Lipinski definition) is 1. The minimum atomic E-state index is -0.104. The molecule has 0 bridgehead atoms. The summed E-state index contributed by atoms with van der Waals surface area (Å²) in [7, 11) is 1.93. The van der Waals surface area contributed by atoms with Crippen LogP contribution in [0, 0.1) is 0 Å². The van der Waals surface area contributed by atoms with Crippen molar-refractivity contribution in [1.29, 1.82) is 0 Å². The molecule has 1 aromatic heterocycles. The van der Waals surface area contributed by atoms with Crippen LogP contribution < -0.4 is 5.32 Å². The molecular formula is C18H17ClN4OS. The average molecular weight is 373 g/mol. The second-order valence-corrected chi connectivity index (χ2v) is 6.92. The zero-order chi connectivity index (χ0) is 17.8. The minimum absolute atomic E-state index is 0.104. The van der Waals surface area contributed by atoms with Gasteiger partial charge in [0.05, 0.1) is 0 Å². The second kappa shape index (κ2) is 7.72. The Morgan fingerprint density at radius 1 is 1.20 bits per heavy atom. The number of rotatable bonds is 5. The number of amides is 1. The van der Waals surface area contributed by atoms with Gasteiger partial charge in [-0.15, -0.1) is 10.2 Å². The predicted octanol–water partition coefficient (Wildman–Crippen LogP) is 4.39. The molecule has 1 heterocycles. The summed E-state index contributed by atoms with van der Waals surface area (Å²) in [5, 5.41) is 12.9. The molecule has 3 aromatic rings. The van der Waals surface area contributed by atoms with E-state index in [1.165, 1.54) is 6.92 Å². The maximum absolute atomic E-state index is 11.2. The third-order valence-electron chi connectivity index (χ3n) is 3.53. The zero-order valence-electron chi connectivity index (χ0n) is 13.9. The number of carbonyl (C=O) groups excluding carboxylic acids is 1. The molecule has 5 nitrogen and oxygen atoms in total. The van der Waals surface area contributed by atoms with Gasteiger partial charge in [-0.1, -0.05) is 47.6 Å². The molecule has 0 aliphatic rings. The van der Waals surface area contributed by atoms with Crippen molar-refractivity contribution >= 4 is 35.0 Å². The highest BCUT2D eigenvalue weighted by Gasteiger charge is 2.12. The smallest absolute Gasteiger partial charge is 0.221 e. The van der Waals surface area contributed by atoms with E-state index in [9.17, 15) is 4.79 Å². The Morgan fingerprint density at radius 3 is 2.76 bits per heavy atom. The van der Waals surface area contributed by atoms with Crippen LogP contribution in [0.2, 0.25) is 5.02 Å². The van der Waals surface area contributed by atoms with E-state index in [1.54, 1.807) is 11.8 Å². The fraction of sp³-hybridized carbons (Fsp3) is 0.167. The van der Waals surface area contributed by atoms with E-state index in [-0.39, 0.29) is 5.91 Å². The van der Waals surface area contributed by atoms with Gasteiger partial charge in [0, 0.05) is 36.0 Å². The van der Waals surface area contributed by atoms with E-state index in [1.807, 2.05) is 60.1 Å². The number of halogens is 1. The summed E-state index contributed by atoms with van der Waals surface area (Å²) in [6.45, 7) is 1.49. The van der Waals surface area contributed by atoms with Crippen molar-refractivity contribution in [2.24, 2.45) is 7.05 Å². The van der Waals surface area contributed by atoms with E-state index in [0.29, 0.717) is 0 Å². The van der Waals surface area contributed by atoms with Crippen LogP contribution in [-0.2, 0) is 17.6 Å². The molecule has 3 rings (SSSR count). The van der Waals surface area contributed by atoms with E-state index in [4.69, 9.17) is 11.6 Å². The number of aromatic nitrogens is 3. The van der Waals surface area contributed by atoms with Crippen LogP contribution in [0.25, 0.3) is 11.4 Å². The Hall–Kier alpha value is -2.31. The van der Waals surface area contributed by atoms with Crippen molar-refractivity contribution in [2.75, 3.05) is 5.32 Å².